The summed E-state index contributed by atoms with van der Waals surface area (Å²) < 4.78 is 5.16. The molecule has 0 amide bonds. The summed E-state index contributed by atoms with van der Waals surface area (Å²) >= 11 is 0. The quantitative estimate of drug-likeness (QED) is 0.0413. The van der Waals surface area contributed by atoms with Crippen LogP contribution < -0.4 is 0 Å². The van der Waals surface area contributed by atoms with Crippen molar-refractivity contribution in [1.29, 1.82) is 0 Å². The lowest BCUT2D eigenvalue weighted by atomic mass is 9.70. The minimum atomic E-state index is 0.0325. The van der Waals surface area contributed by atoms with E-state index in [9.17, 15) is 0 Å². The number of hydrogen-bond donors (Lipinski definition) is 0. The van der Waals surface area contributed by atoms with Crippen LogP contribution in [0.2, 0.25) is 0 Å². The summed E-state index contributed by atoms with van der Waals surface area (Å²) in [5.41, 5.74) is 17.7. The number of nitrogens with zero attached hydrogens (tertiary/aromatic N) is 3. The molecule has 0 N–H and O–H groups in total. The maximum absolute atomic E-state index is 5.87. The maximum atomic E-state index is 5.87. The van der Waals surface area contributed by atoms with Crippen molar-refractivity contribution in [3.05, 3.63) is 138 Å². The van der Waals surface area contributed by atoms with Crippen LogP contribution in [0.1, 0.15) is 185 Å². The Morgan fingerprint density at radius 2 is 1.01 bits per heavy atom. The van der Waals surface area contributed by atoms with Crippen molar-refractivity contribution in [3.63, 3.8) is 0 Å². The van der Waals surface area contributed by atoms with E-state index in [1.54, 1.807) is 11.1 Å². The molecule has 0 saturated carbocycles. The van der Waals surface area contributed by atoms with Crippen molar-refractivity contribution in [1.82, 2.24) is 14.1 Å². The van der Waals surface area contributed by atoms with Gasteiger partial charge in [-0.05, 0) is 133 Å². The van der Waals surface area contributed by atoms with E-state index < -0.39 is 0 Å². The molecule has 2 heterocycles. The Bertz CT molecular complexity index is 3340. The summed E-state index contributed by atoms with van der Waals surface area (Å²) in [5.74, 6) is 1.65. The molecule has 1 aliphatic rings. The van der Waals surface area contributed by atoms with E-state index in [1.807, 2.05) is 0 Å². The minimum Gasteiger partial charge on any atom is -0.341 e. The summed E-state index contributed by atoms with van der Waals surface area (Å²) in [4.78, 5) is 5.87. The van der Waals surface area contributed by atoms with Crippen molar-refractivity contribution in [2.45, 2.75) is 195 Å². The first-order valence-corrected chi connectivity index (χ1v) is 29.5. The Morgan fingerprint density at radius 3 is 1.74 bits per heavy atom. The second-order valence-electron chi connectivity index (χ2n) is 22.6. The average molecular weight is 968 g/mol. The molecular weight excluding hydrogens is 883 g/mol. The molecule has 0 spiro atoms. The van der Waals surface area contributed by atoms with Gasteiger partial charge in [0.05, 0.1) is 11.0 Å². The van der Waals surface area contributed by atoms with Crippen LogP contribution in [0.4, 0.5) is 0 Å². The van der Waals surface area contributed by atoms with Gasteiger partial charge < -0.3 is 9.13 Å². The van der Waals surface area contributed by atoms with Crippen LogP contribution in [0.3, 0.4) is 0 Å². The number of imidazole rings is 1. The highest BCUT2D eigenvalue weighted by molar-refractivity contribution is 6.24. The Balaban J connectivity index is 1.16. The lowest BCUT2D eigenvalue weighted by Gasteiger charge is -2.33. The number of fused-ring (bicyclic) bond motifs is 12. The van der Waals surface area contributed by atoms with Crippen LogP contribution in [0, 0.1) is 19.8 Å². The lowest BCUT2D eigenvalue weighted by molar-refractivity contribution is 0.391. The number of hydrogen-bond acceptors (Lipinski definition) is 1. The van der Waals surface area contributed by atoms with Crippen molar-refractivity contribution >= 4 is 54.4 Å². The molecule has 10 rings (SSSR count). The van der Waals surface area contributed by atoms with Crippen LogP contribution in [-0.4, -0.2) is 14.1 Å². The third-order valence-electron chi connectivity index (χ3n) is 17.6. The lowest BCUT2D eigenvalue weighted by Crippen LogP contribution is -2.25. The number of aryl methyl sites for hydroxylation is 3. The predicted molar refractivity (Wildman–Crippen MR) is 319 cm³/mol. The first-order chi connectivity index (χ1) is 35.8. The van der Waals surface area contributed by atoms with Gasteiger partial charge in [-0.25, -0.2) is 4.98 Å². The Kier molecular flexibility index (Phi) is 15.9. The van der Waals surface area contributed by atoms with E-state index in [4.69, 9.17) is 4.98 Å². The van der Waals surface area contributed by atoms with E-state index in [1.165, 1.54) is 210 Å². The summed E-state index contributed by atoms with van der Waals surface area (Å²) in [5, 5.41) is 7.82. The van der Waals surface area contributed by atoms with Gasteiger partial charge in [-0.1, -0.05) is 221 Å². The van der Waals surface area contributed by atoms with E-state index in [-0.39, 0.29) is 5.41 Å². The largest absolute Gasteiger partial charge is 0.341 e. The molecule has 3 nitrogen and oxygen atoms in total. The molecular formula is C70H85N3. The molecule has 0 aliphatic heterocycles. The summed E-state index contributed by atoms with van der Waals surface area (Å²) in [6.07, 6.45) is 26.0. The molecule has 7 aromatic carbocycles. The first-order valence-electron chi connectivity index (χ1n) is 29.5. The second kappa shape index (κ2) is 22.8. The van der Waals surface area contributed by atoms with Crippen LogP contribution in [0.5, 0.6) is 0 Å². The van der Waals surface area contributed by atoms with E-state index in [0.717, 1.165) is 30.9 Å². The zero-order chi connectivity index (χ0) is 50.5. The van der Waals surface area contributed by atoms with Crippen molar-refractivity contribution in [3.8, 4) is 33.6 Å². The molecule has 1 aliphatic carbocycles. The Labute approximate surface area is 438 Å². The van der Waals surface area contributed by atoms with Crippen molar-refractivity contribution in [2.24, 2.45) is 5.92 Å². The molecule has 1 unspecified atom stereocenters. The van der Waals surface area contributed by atoms with E-state index >= 15 is 0 Å². The highest BCUT2D eigenvalue weighted by Gasteiger charge is 2.42. The zero-order valence-electron chi connectivity index (χ0n) is 45.9. The normalized spacial score (nSPS) is 13.6. The highest BCUT2D eigenvalue weighted by atomic mass is 15.1. The van der Waals surface area contributed by atoms with Crippen LogP contribution in [0.25, 0.3) is 88.0 Å². The fourth-order valence-corrected chi connectivity index (χ4v) is 13.5. The highest BCUT2D eigenvalue weighted by Crippen LogP contribution is 2.55. The van der Waals surface area contributed by atoms with Gasteiger partial charge in [0.15, 0.2) is 0 Å². The number of rotatable bonds is 25. The van der Waals surface area contributed by atoms with Crippen LogP contribution >= 0.6 is 0 Å². The molecule has 1 atom stereocenters. The zero-order valence-corrected chi connectivity index (χ0v) is 45.9. The van der Waals surface area contributed by atoms with Gasteiger partial charge in [0, 0.05) is 56.6 Å². The number of unbranched alkanes of at least 4 members (excludes halogenated alkanes) is 13. The first kappa shape index (κ1) is 50.8. The molecule has 0 bridgehead atoms. The van der Waals surface area contributed by atoms with Gasteiger partial charge >= 0.3 is 0 Å². The average Bonchev–Trinajstić information content (AvgIpc) is 4.04. The summed E-state index contributed by atoms with van der Waals surface area (Å²) in [6.45, 7) is 18.1. The molecule has 0 fully saturated rings. The monoisotopic (exact) mass is 968 g/mol. The molecule has 73 heavy (non-hydrogen) atoms. The molecule has 0 radical (unpaired) electrons. The van der Waals surface area contributed by atoms with Gasteiger partial charge in [0.2, 0.25) is 0 Å². The summed E-state index contributed by atoms with van der Waals surface area (Å²) in [6, 6.07) is 45.7. The predicted octanol–water partition coefficient (Wildman–Crippen LogP) is 21.2. The van der Waals surface area contributed by atoms with Gasteiger partial charge in [-0.15, -0.1) is 0 Å². The minimum absolute atomic E-state index is 0.0325. The van der Waals surface area contributed by atoms with Gasteiger partial charge in [0.25, 0.3) is 0 Å². The molecule has 3 heteroatoms. The smallest absolute Gasteiger partial charge is 0.141 e. The second-order valence-corrected chi connectivity index (χ2v) is 22.6. The molecule has 2 aromatic heterocycles. The number of benzene rings is 7. The van der Waals surface area contributed by atoms with Gasteiger partial charge in [0.1, 0.15) is 5.82 Å². The summed E-state index contributed by atoms with van der Waals surface area (Å²) in [7, 11) is 0. The standard InChI is InChI=1S/C70H85N3/c1-8-13-16-19-21-26-41-70(42-27-22-20-17-14-9-2)63-44-50(7)32-37-57(63)58-39-34-53(47-64(58)70)52-33-38-56-55-36-31-49(6)43-61(55)67-68(62(56)45-52)73(48-51(11-4)28-23-18-15-10-3)69(71-67)54-35-40-66-60(46-54)59-29-24-25-30-65(59)72(66)12-5/h24-25,29-40,43-47,51H,8-23,26-28,41-42,48H2,1-7H3. The number of aromatic nitrogens is 3. The van der Waals surface area contributed by atoms with Crippen LogP contribution in [-0.2, 0) is 18.5 Å². The topological polar surface area (TPSA) is 22.8 Å². The van der Waals surface area contributed by atoms with Crippen molar-refractivity contribution < 1.29 is 0 Å². The fraction of sp³-hybridized carbons (Fsp3) is 0.443. The van der Waals surface area contributed by atoms with Crippen LogP contribution in [0.15, 0.2) is 115 Å². The fourth-order valence-electron chi connectivity index (χ4n) is 13.5. The SMILES string of the molecule is CCCCCCCCC1(CCCCCCCC)c2cc(C)ccc2-c2ccc(-c3ccc4c5ccc(C)cc5c5nc(-c6ccc7c(c6)c6ccccc6n7CC)n(CC(CC)CCCCCC)c5c4c3)cc21. The molecule has 9 aromatic rings. The Morgan fingerprint density at radius 1 is 0.452 bits per heavy atom. The van der Waals surface area contributed by atoms with Crippen molar-refractivity contribution in [2.75, 3.05) is 0 Å². The maximum Gasteiger partial charge on any atom is 0.141 e. The third kappa shape index (κ3) is 9.92. The number of para-hydroxylation sites is 1. The molecule has 0 saturated heterocycles. The van der Waals surface area contributed by atoms with Gasteiger partial charge in [-0.3, -0.25) is 0 Å². The van der Waals surface area contributed by atoms with Gasteiger partial charge in [-0.2, -0.15) is 0 Å². The van der Waals surface area contributed by atoms with E-state index in [0.29, 0.717) is 5.92 Å². The van der Waals surface area contributed by atoms with E-state index in [2.05, 4.69) is 173 Å². The third-order valence-corrected chi connectivity index (χ3v) is 17.6. The molecule has 380 valence electrons. The Hall–Kier alpha value is -5.67.